The van der Waals surface area contributed by atoms with Crippen LogP contribution < -0.4 is 57.1 Å². The number of nitrogens with two attached hydrogens (primary N) is 2. The molecule has 2 aliphatic rings. The molecular weight excluding hydrogens is 1300 g/mol. The molecule has 10 amide bonds. The van der Waals surface area contributed by atoms with E-state index in [4.69, 9.17) is 48.7 Å². The van der Waals surface area contributed by atoms with Crippen LogP contribution in [0.3, 0.4) is 0 Å². The van der Waals surface area contributed by atoms with Gasteiger partial charge in [0.25, 0.3) is 11.8 Å². The summed E-state index contributed by atoms with van der Waals surface area (Å²) in [4.78, 5) is 146. The molecule has 0 saturated carbocycles. The van der Waals surface area contributed by atoms with Crippen LogP contribution in [0.1, 0.15) is 101 Å². The fraction of sp³-hybridized carbons (Fsp3) is 0.391. The number of unbranched alkanes of at least 4 members (excludes halogenated alkanes) is 1. The Kier molecular flexibility index (Phi) is 24.3. The largest absolute Gasteiger partial charge is 0.524 e. The first-order chi connectivity index (χ1) is 44.8. The number of anilines is 3. The SMILES string of the molecule is CC(=O)N[C@@H](CCCCN)C(=O)N[C@H](C(=O)N[C@@H](CCCNC(N)=O)C(=O)Nc1ccc(COC(=O)N(C)CCN(C)C(=O)Oc2cc3c(c4ccccc24)[C@H](CCl)CN3C(=O)c2ccc(C(=O)N3C[C@@H](CCl)c4c3cc(OP(=O)(O)O)c3ccccc43)s2)cc1)C(C)C. The van der Waals surface area contributed by atoms with Gasteiger partial charge in [0, 0.05) is 106 Å². The maximum atomic E-state index is 14.7. The minimum absolute atomic E-state index is 0.0130. The molecule has 26 nitrogen and oxygen atoms in total. The lowest BCUT2D eigenvalue weighted by Crippen LogP contribution is -2.57. The van der Waals surface area contributed by atoms with Crippen LogP contribution in [-0.4, -0.2) is 156 Å². The van der Waals surface area contributed by atoms with Gasteiger partial charge in [0.2, 0.25) is 23.6 Å². The fourth-order valence-electron chi connectivity index (χ4n) is 11.3. The first-order valence-corrected chi connectivity index (χ1v) is 33.8. The minimum atomic E-state index is -5.01. The van der Waals surface area contributed by atoms with Crippen LogP contribution in [0.4, 0.5) is 31.4 Å². The van der Waals surface area contributed by atoms with Crippen LogP contribution in [0, 0.1) is 5.92 Å². The summed E-state index contributed by atoms with van der Waals surface area (Å²) in [6.07, 6.45) is 0.328. The average molecular weight is 1370 g/mol. The number of hydrogen-bond donors (Lipinski definition) is 9. The number of carbonyl (C=O) groups is 9. The van der Waals surface area contributed by atoms with Gasteiger partial charge in [-0.1, -0.05) is 74.5 Å². The van der Waals surface area contributed by atoms with E-state index in [1.807, 2.05) is 12.1 Å². The highest BCUT2D eigenvalue weighted by Gasteiger charge is 2.40. The van der Waals surface area contributed by atoms with Gasteiger partial charge in [-0.15, -0.1) is 34.5 Å². The molecule has 0 fully saturated rings. The van der Waals surface area contributed by atoms with E-state index in [9.17, 15) is 57.5 Å². The number of likely N-dealkylation sites (N-methyl/N-ethyl adjacent to an activating group) is 2. The highest BCUT2D eigenvalue weighted by molar-refractivity contribution is 7.46. The van der Waals surface area contributed by atoms with Crippen molar-refractivity contribution in [2.24, 2.45) is 17.4 Å². The van der Waals surface area contributed by atoms with Crippen LogP contribution in [0.5, 0.6) is 11.5 Å². The van der Waals surface area contributed by atoms with Gasteiger partial charge < -0.3 is 71.6 Å². The van der Waals surface area contributed by atoms with Crippen molar-refractivity contribution in [1.82, 2.24) is 31.1 Å². The Morgan fingerprint density at radius 3 is 1.72 bits per heavy atom. The molecule has 3 heterocycles. The summed E-state index contributed by atoms with van der Waals surface area (Å²) in [7, 11) is -2.01. The average Bonchev–Trinajstić information content (AvgIpc) is 1.57. The molecule has 1 aromatic heterocycles. The molecule has 0 radical (unpaired) electrons. The van der Waals surface area contributed by atoms with E-state index in [1.165, 1.54) is 41.8 Å². The van der Waals surface area contributed by atoms with Crippen molar-refractivity contribution in [1.29, 1.82) is 0 Å². The summed E-state index contributed by atoms with van der Waals surface area (Å²) < 4.78 is 28.8. The number of alkyl halides is 2. The topological polar surface area (TPSA) is 364 Å². The van der Waals surface area contributed by atoms with Crippen molar-refractivity contribution < 1.29 is 71.5 Å². The second-order valence-electron chi connectivity index (χ2n) is 23.2. The molecule has 2 aliphatic heterocycles. The van der Waals surface area contributed by atoms with Gasteiger partial charge >= 0.3 is 26.0 Å². The third kappa shape index (κ3) is 17.6. The third-order valence-corrected chi connectivity index (χ3v) is 18.3. The Morgan fingerprint density at radius 2 is 1.20 bits per heavy atom. The quantitative estimate of drug-likeness (QED) is 0.0128. The van der Waals surface area contributed by atoms with Gasteiger partial charge in [-0.05, 0) is 96.3 Å². The predicted molar refractivity (Wildman–Crippen MR) is 358 cm³/mol. The molecule has 0 unspecified atom stereocenters. The lowest BCUT2D eigenvalue weighted by atomic mass is 9.95. The molecule has 0 aliphatic carbocycles. The lowest BCUT2D eigenvalue weighted by Gasteiger charge is -2.27. The van der Waals surface area contributed by atoms with E-state index in [0.29, 0.717) is 70.0 Å². The Balaban J connectivity index is 0.872. The number of nitrogens with zero attached hydrogens (tertiary/aromatic N) is 4. The van der Waals surface area contributed by atoms with E-state index in [2.05, 4.69) is 26.6 Å². The summed E-state index contributed by atoms with van der Waals surface area (Å²) in [5.41, 5.74) is 14.1. The summed E-state index contributed by atoms with van der Waals surface area (Å²) in [5, 5.41) is 15.7. The normalized spacial score (nSPS) is 15.1. The van der Waals surface area contributed by atoms with Crippen LogP contribution in [0.25, 0.3) is 21.5 Å². The molecule has 0 bridgehead atoms. The zero-order chi connectivity index (χ0) is 68.1. The van der Waals surface area contributed by atoms with Gasteiger partial charge in [0.1, 0.15) is 36.2 Å². The van der Waals surface area contributed by atoms with Crippen molar-refractivity contribution in [3.8, 4) is 11.5 Å². The Morgan fingerprint density at radius 1 is 0.681 bits per heavy atom. The van der Waals surface area contributed by atoms with E-state index in [-0.39, 0.29) is 97.0 Å². The standard InChI is InChI=1S/C64H76Cl2N11O15PS/c1-36(2)56(73-58(80)46(70-37(3)78)17-10-11-25-67)59(81)72-47(18-12-26-69-62(68)84)57(79)71-41-21-19-38(20-22-41)35-90-63(85)74(4)27-28-75(5)64(86)91-50-29-48-54(44-15-8-6-13-42(44)50)39(31-65)33-76(48)60(82)52-23-24-53(94-52)61(83)77-34-40(32-66)55-45-16-9-7-14-43(45)51(30-49(55)77)92-93(87,88)89/h6-9,13-16,19-24,29-30,36,39-40,46-47,56H,10-12,17-18,25-28,31-35,67H2,1-5H3,(H,70,78)(H,71,79)(H,72,81)(H,73,80)(H3,68,69,84)(H2,87,88,89)/t39-,40-,46+,47+,56+/m1/s1. The Labute approximate surface area is 556 Å². The number of nitrogens with one attached hydrogen (secondary N) is 5. The molecule has 5 aromatic carbocycles. The van der Waals surface area contributed by atoms with Crippen LogP contribution in [0.2, 0.25) is 0 Å². The number of rotatable bonds is 28. The smallest absolute Gasteiger partial charge is 0.445 e. The maximum absolute atomic E-state index is 14.7. The van der Waals surface area contributed by atoms with Gasteiger partial charge in [0.05, 0.1) is 21.1 Å². The molecule has 5 atom stereocenters. The molecule has 94 heavy (non-hydrogen) atoms. The minimum Gasteiger partial charge on any atom is -0.445 e. The molecule has 6 aromatic rings. The van der Waals surface area contributed by atoms with E-state index in [1.54, 1.807) is 97.6 Å². The van der Waals surface area contributed by atoms with Crippen molar-refractivity contribution >= 4 is 135 Å². The van der Waals surface area contributed by atoms with Crippen LogP contribution in [-0.2, 0) is 35.1 Å². The number of carbonyl (C=O) groups excluding carboxylic acids is 9. The molecule has 11 N–H and O–H groups in total. The third-order valence-electron chi connectivity index (χ3n) is 16.0. The number of hydrogen-bond acceptors (Lipinski definition) is 15. The molecule has 0 spiro atoms. The highest BCUT2D eigenvalue weighted by Crippen LogP contribution is 2.50. The molecular formula is C64H76Cl2N11O15PS. The monoisotopic (exact) mass is 1370 g/mol. The maximum Gasteiger partial charge on any atom is 0.524 e. The molecule has 30 heteroatoms. The van der Waals surface area contributed by atoms with Crippen molar-refractivity contribution in [2.75, 3.05) is 80.2 Å². The van der Waals surface area contributed by atoms with Crippen LogP contribution in [0.15, 0.2) is 97.1 Å². The Hall–Kier alpha value is -8.56. The van der Waals surface area contributed by atoms with E-state index in [0.717, 1.165) is 22.5 Å². The summed E-state index contributed by atoms with van der Waals surface area (Å²) >= 11 is 14.0. The van der Waals surface area contributed by atoms with Gasteiger partial charge in [-0.25, -0.2) is 18.9 Å². The second-order valence-corrected chi connectivity index (χ2v) is 26.1. The first-order valence-electron chi connectivity index (χ1n) is 30.3. The van der Waals surface area contributed by atoms with Gasteiger partial charge in [-0.3, -0.25) is 38.6 Å². The zero-order valence-electron chi connectivity index (χ0n) is 52.4. The summed E-state index contributed by atoms with van der Waals surface area (Å²) in [6.45, 7) is 5.44. The molecule has 502 valence electrons. The number of phosphoric ester groups is 1. The number of benzene rings is 5. The summed E-state index contributed by atoms with van der Waals surface area (Å²) in [5.74, 6) is -3.89. The lowest BCUT2D eigenvalue weighted by molar-refractivity contribution is -0.133. The van der Waals surface area contributed by atoms with Gasteiger partial charge in [0.15, 0.2) is 0 Å². The predicted octanol–water partition coefficient (Wildman–Crippen LogP) is 7.84. The summed E-state index contributed by atoms with van der Waals surface area (Å²) in [6, 6.07) is 22.8. The van der Waals surface area contributed by atoms with Crippen molar-refractivity contribution in [3.63, 3.8) is 0 Å². The van der Waals surface area contributed by atoms with E-state index >= 15 is 0 Å². The fourth-order valence-corrected chi connectivity index (χ4v) is 13.1. The highest BCUT2D eigenvalue weighted by atomic mass is 35.5. The van der Waals surface area contributed by atoms with Crippen molar-refractivity contribution in [2.45, 2.75) is 89.4 Å². The number of urea groups is 1. The number of primary amides is 1. The molecule has 8 rings (SSSR count). The number of amides is 10. The van der Waals surface area contributed by atoms with Gasteiger partial charge in [-0.2, -0.15) is 0 Å². The van der Waals surface area contributed by atoms with E-state index < -0.39 is 85.5 Å². The number of ether oxygens (including phenoxy) is 2. The first kappa shape index (κ1) is 71.3. The number of halogens is 2. The Bertz CT molecular complexity index is 3870. The molecule has 0 saturated heterocycles. The number of phosphoric acid groups is 1. The van der Waals surface area contributed by atoms with Crippen LogP contribution >= 0.6 is 42.4 Å². The van der Waals surface area contributed by atoms with Crippen molar-refractivity contribution in [3.05, 3.63) is 124 Å². The number of fused-ring (bicyclic) bond motifs is 6. The zero-order valence-corrected chi connectivity index (χ0v) is 55.6. The second kappa shape index (κ2) is 32.0. The number of thiophene rings is 1.